The van der Waals surface area contributed by atoms with Crippen LogP contribution in [-0.4, -0.2) is 37.2 Å². The summed E-state index contributed by atoms with van der Waals surface area (Å²) in [6, 6.07) is 0. The van der Waals surface area contributed by atoms with E-state index in [1.807, 2.05) is 0 Å². The van der Waals surface area contributed by atoms with Gasteiger partial charge in [-0.1, -0.05) is 241 Å². The summed E-state index contributed by atoms with van der Waals surface area (Å²) in [4.78, 5) is 38.1. The van der Waals surface area contributed by atoms with E-state index in [0.29, 0.717) is 19.3 Å². The predicted molar refractivity (Wildman–Crippen MR) is 284 cm³/mol. The first-order chi connectivity index (χ1) is 32.5. The number of ether oxygens (including phenoxy) is 3. The van der Waals surface area contributed by atoms with Crippen LogP contribution in [-0.2, 0) is 28.6 Å². The van der Waals surface area contributed by atoms with E-state index in [-0.39, 0.29) is 37.5 Å². The summed E-state index contributed by atoms with van der Waals surface area (Å²) in [6.45, 7) is 6.49. The van der Waals surface area contributed by atoms with Gasteiger partial charge in [-0.05, 0) is 83.5 Å². The van der Waals surface area contributed by atoms with Gasteiger partial charge in [0.25, 0.3) is 0 Å². The Hall–Kier alpha value is -3.15. The summed E-state index contributed by atoms with van der Waals surface area (Å²) in [5.41, 5.74) is 0. The molecule has 6 heteroatoms. The Morgan fingerprint density at radius 2 is 0.606 bits per heavy atom. The van der Waals surface area contributed by atoms with Crippen molar-refractivity contribution in [1.29, 1.82) is 0 Å². The van der Waals surface area contributed by atoms with Crippen molar-refractivity contribution >= 4 is 17.9 Å². The highest BCUT2D eigenvalue weighted by molar-refractivity contribution is 5.71. The Morgan fingerprint density at radius 1 is 0.318 bits per heavy atom. The van der Waals surface area contributed by atoms with E-state index in [1.165, 1.54) is 148 Å². The van der Waals surface area contributed by atoms with Gasteiger partial charge in [0.2, 0.25) is 0 Å². The monoisotopic (exact) mass is 921 g/mol. The molecule has 0 saturated carbocycles. The van der Waals surface area contributed by atoms with E-state index < -0.39 is 6.10 Å². The minimum absolute atomic E-state index is 0.0972. The maximum absolute atomic E-state index is 12.8. The summed E-state index contributed by atoms with van der Waals surface area (Å²) >= 11 is 0. The van der Waals surface area contributed by atoms with Crippen molar-refractivity contribution < 1.29 is 28.6 Å². The van der Waals surface area contributed by atoms with E-state index in [0.717, 1.165) is 77.0 Å². The van der Waals surface area contributed by atoms with Crippen LogP contribution in [0.3, 0.4) is 0 Å². The average molecular weight is 921 g/mol. The molecule has 0 saturated heterocycles. The normalized spacial score (nSPS) is 12.6. The van der Waals surface area contributed by atoms with Crippen molar-refractivity contribution in [2.45, 2.75) is 277 Å². The molecule has 1 unspecified atom stereocenters. The Labute approximate surface area is 408 Å². The molecule has 0 aromatic rings. The second-order valence-corrected chi connectivity index (χ2v) is 18.5. The van der Waals surface area contributed by atoms with Crippen LogP contribution in [0.25, 0.3) is 0 Å². The van der Waals surface area contributed by atoms with E-state index in [1.54, 1.807) is 0 Å². The lowest BCUT2D eigenvalue weighted by molar-refractivity contribution is -0.167. The molecule has 0 aliphatic rings. The molecular formula is C60H104O6. The van der Waals surface area contributed by atoms with Gasteiger partial charge in [-0.3, -0.25) is 14.4 Å². The Morgan fingerprint density at radius 3 is 0.985 bits per heavy atom. The van der Waals surface area contributed by atoms with Crippen LogP contribution in [0, 0.1) is 0 Å². The van der Waals surface area contributed by atoms with Gasteiger partial charge in [-0.25, -0.2) is 0 Å². The zero-order valence-electron chi connectivity index (χ0n) is 43.4. The first-order valence-corrected chi connectivity index (χ1v) is 27.9. The smallest absolute Gasteiger partial charge is 0.306 e. The molecule has 0 amide bonds. The standard InChI is InChI=1S/C60H104O6/c1-4-7-10-13-16-19-22-25-27-29-31-32-35-38-41-44-47-50-53-59(62)65-56-57(55-64-58(61)52-49-46-43-40-37-34-24-21-18-15-12-9-6-3)66-60(63)54-51-48-45-42-39-36-33-30-28-26-23-20-17-14-11-8-5-2/h8,11,17,20,26-29,33,36,42,45,57H,4-7,9-10,12-16,18-19,21-25,30-32,34-35,37-41,43-44,46-56H2,1-3H3/b11-8-,20-17-,28-26-,29-27-,36-33-,45-42-. The zero-order valence-corrected chi connectivity index (χ0v) is 43.4. The van der Waals surface area contributed by atoms with Crippen LogP contribution in [0.1, 0.15) is 271 Å². The average Bonchev–Trinajstić information content (AvgIpc) is 3.31. The number of rotatable bonds is 50. The Kier molecular flexibility index (Phi) is 51.9. The molecule has 0 N–H and O–H groups in total. The van der Waals surface area contributed by atoms with E-state index in [9.17, 15) is 14.4 Å². The number of hydrogen-bond donors (Lipinski definition) is 0. The number of esters is 3. The fourth-order valence-corrected chi connectivity index (χ4v) is 7.77. The van der Waals surface area contributed by atoms with Gasteiger partial charge in [0, 0.05) is 19.3 Å². The van der Waals surface area contributed by atoms with Crippen molar-refractivity contribution in [3.8, 4) is 0 Å². The minimum atomic E-state index is -0.805. The molecule has 0 aliphatic heterocycles. The lowest BCUT2D eigenvalue weighted by Gasteiger charge is -2.18. The number of carbonyl (C=O) groups is 3. The molecule has 66 heavy (non-hydrogen) atoms. The van der Waals surface area contributed by atoms with Gasteiger partial charge in [0.15, 0.2) is 6.10 Å². The van der Waals surface area contributed by atoms with E-state index >= 15 is 0 Å². The maximum Gasteiger partial charge on any atom is 0.306 e. The maximum atomic E-state index is 12.8. The third-order valence-corrected chi connectivity index (χ3v) is 11.9. The van der Waals surface area contributed by atoms with Crippen LogP contribution in [0.4, 0.5) is 0 Å². The van der Waals surface area contributed by atoms with Crippen molar-refractivity contribution in [2.24, 2.45) is 0 Å². The van der Waals surface area contributed by atoms with E-state index in [4.69, 9.17) is 14.2 Å². The molecule has 0 aromatic heterocycles. The molecule has 0 aliphatic carbocycles. The molecular weight excluding hydrogens is 817 g/mol. The molecule has 0 spiro atoms. The molecule has 0 aromatic carbocycles. The Balaban J connectivity index is 4.45. The van der Waals surface area contributed by atoms with Gasteiger partial charge >= 0.3 is 17.9 Å². The third kappa shape index (κ3) is 51.8. The highest BCUT2D eigenvalue weighted by Gasteiger charge is 2.19. The molecule has 0 rings (SSSR count). The number of carbonyl (C=O) groups excluding carboxylic acids is 3. The molecule has 0 fully saturated rings. The summed E-state index contributed by atoms with van der Waals surface area (Å²) in [7, 11) is 0. The minimum Gasteiger partial charge on any atom is -0.462 e. The van der Waals surface area contributed by atoms with Crippen molar-refractivity contribution in [2.75, 3.05) is 13.2 Å². The molecule has 6 nitrogen and oxygen atoms in total. The summed E-state index contributed by atoms with van der Waals surface area (Å²) < 4.78 is 16.8. The lowest BCUT2D eigenvalue weighted by atomic mass is 10.0. The first kappa shape index (κ1) is 62.8. The van der Waals surface area contributed by atoms with Crippen LogP contribution < -0.4 is 0 Å². The number of hydrogen-bond acceptors (Lipinski definition) is 6. The van der Waals surface area contributed by atoms with Gasteiger partial charge in [-0.2, -0.15) is 0 Å². The fourth-order valence-electron chi connectivity index (χ4n) is 7.77. The van der Waals surface area contributed by atoms with Crippen LogP contribution in [0.2, 0.25) is 0 Å². The number of allylic oxidation sites excluding steroid dienone is 12. The van der Waals surface area contributed by atoms with Crippen LogP contribution >= 0.6 is 0 Å². The first-order valence-electron chi connectivity index (χ1n) is 27.9. The summed E-state index contributed by atoms with van der Waals surface area (Å²) in [6.07, 6.45) is 68.9. The van der Waals surface area contributed by atoms with Crippen molar-refractivity contribution in [1.82, 2.24) is 0 Å². The van der Waals surface area contributed by atoms with E-state index in [2.05, 4.69) is 93.7 Å². The predicted octanol–water partition coefficient (Wildman–Crippen LogP) is 18.6. The molecule has 0 radical (unpaired) electrons. The Bertz CT molecular complexity index is 1240. The largest absolute Gasteiger partial charge is 0.462 e. The fraction of sp³-hybridized carbons (Fsp3) is 0.750. The quantitative estimate of drug-likeness (QED) is 0.0262. The molecule has 0 heterocycles. The van der Waals surface area contributed by atoms with Crippen LogP contribution in [0.5, 0.6) is 0 Å². The van der Waals surface area contributed by atoms with Gasteiger partial charge < -0.3 is 14.2 Å². The molecule has 1 atom stereocenters. The number of unbranched alkanes of at least 4 members (excludes halogenated alkanes) is 27. The highest BCUT2D eigenvalue weighted by atomic mass is 16.6. The topological polar surface area (TPSA) is 78.9 Å². The highest BCUT2D eigenvalue weighted by Crippen LogP contribution is 2.15. The zero-order chi connectivity index (χ0) is 47.9. The second kappa shape index (κ2) is 54.5. The van der Waals surface area contributed by atoms with Crippen molar-refractivity contribution in [3.63, 3.8) is 0 Å². The lowest BCUT2D eigenvalue weighted by Crippen LogP contribution is -2.30. The van der Waals surface area contributed by atoms with Gasteiger partial charge in [0.05, 0.1) is 0 Å². The molecule has 380 valence electrons. The van der Waals surface area contributed by atoms with Gasteiger partial charge in [0.1, 0.15) is 13.2 Å². The van der Waals surface area contributed by atoms with Gasteiger partial charge in [-0.15, -0.1) is 0 Å². The van der Waals surface area contributed by atoms with Crippen LogP contribution in [0.15, 0.2) is 72.9 Å². The summed E-state index contributed by atoms with van der Waals surface area (Å²) in [5, 5.41) is 0. The third-order valence-electron chi connectivity index (χ3n) is 11.9. The molecule has 0 bridgehead atoms. The van der Waals surface area contributed by atoms with Crippen molar-refractivity contribution in [3.05, 3.63) is 72.9 Å². The summed E-state index contributed by atoms with van der Waals surface area (Å²) in [5.74, 6) is -0.953. The second-order valence-electron chi connectivity index (χ2n) is 18.5. The SMILES string of the molecule is CC/C=C\C/C=C\C/C=C\C/C=C\C/C=C\CCCC(=O)OC(COC(=O)CCCCCCCCC/C=C\CCCCCCCCC)COC(=O)CCCCCCCCCCCCCCC.